The van der Waals surface area contributed by atoms with Gasteiger partial charge < -0.3 is 10.5 Å². The Balaban J connectivity index is 2.63. The molecule has 0 fully saturated rings. The molecule has 21 heavy (non-hydrogen) atoms. The van der Waals surface area contributed by atoms with Crippen LogP contribution >= 0.6 is 0 Å². The summed E-state index contributed by atoms with van der Waals surface area (Å²) in [4.78, 5) is 9.42. The molecule has 114 valence electrons. The number of hydrogen-bond acceptors (Lipinski definition) is 5. The van der Waals surface area contributed by atoms with Gasteiger partial charge in [-0.1, -0.05) is 6.92 Å². The van der Waals surface area contributed by atoms with E-state index in [1.807, 2.05) is 6.07 Å². The maximum Gasteiger partial charge on any atom is 0.307 e. The van der Waals surface area contributed by atoms with Crippen LogP contribution < -0.4 is 10.5 Å². The van der Waals surface area contributed by atoms with E-state index in [1.54, 1.807) is 6.92 Å². The average Bonchev–Trinajstić information content (AvgIpc) is 2.46. The monoisotopic (exact) mass is 299 g/mol. The Kier molecular flexibility index (Phi) is 5.55. The molecule has 0 amide bonds. The van der Waals surface area contributed by atoms with Gasteiger partial charge in [0.25, 0.3) is 0 Å². The molecule has 0 heterocycles. The van der Waals surface area contributed by atoms with Crippen molar-refractivity contribution in [3.8, 4) is 11.8 Å². The van der Waals surface area contributed by atoms with Crippen molar-refractivity contribution in [2.75, 3.05) is 6.61 Å². The number of halogens is 2. The van der Waals surface area contributed by atoms with E-state index in [1.165, 1.54) is 0 Å². The molecular formula is C13H15F2N3O3. The van der Waals surface area contributed by atoms with E-state index in [4.69, 9.17) is 15.7 Å². The second kappa shape index (κ2) is 6.95. The highest BCUT2D eigenvalue weighted by molar-refractivity contribution is 5.39. The van der Waals surface area contributed by atoms with Crippen LogP contribution in [-0.4, -0.2) is 17.1 Å². The van der Waals surface area contributed by atoms with E-state index in [2.05, 4.69) is 0 Å². The van der Waals surface area contributed by atoms with E-state index in [0.717, 1.165) is 0 Å². The fraction of sp³-hybridized carbons (Fsp3) is 0.462. The van der Waals surface area contributed by atoms with Gasteiger partial charge >= 0.3 is 5.69 Å². The van der Waals surface area contributed by atoms with Crippen LogP contribution in [0.25, 0.3) is 0 Å². The summed E-state index contributed by atoms with van der Waals surface area (Å²) in [6.45, 7) is 1.80. The largest absolute Gasteiger partial charge is 0.490 e. The molecule has 0 saturated heterocycles. The number of rotatable bonds is 7. The third-order valence-corrected chi connectivity index (χ3v) is 3.08. The third kappa shape index (κ3) is 4.36. The van der Waals surface area contributed by atoms with Crippen LogP contribution in [0.15, 0.2) is 12.1 Å². The van der Waals surface area contributed by atoms with Gasteiger partial charge in [0.1, 0.15) is 5.54 Å². The highest BCUT2D eigenvalue weighted by Crippen LogP contribution is 2.26. The molecule has 0 aromatic heterocycles. The van der Waals surface area contributed by atoms with Crippen molar-refractivity contribution in [1.82, 2.24) is 0 Å². The highest BCUT2D eigenvalue weighted by atomic mass is 19.1. The summed E-state index contributed by atoms with van der Waals surface area (Å²) in [5.74, 6) is -2.60. The molecule has 1 aromatic carbocycles. The smallest absolute Gasteiger partial charge is 0.307 e. The first-order valence-corrected chi connectivity index (χ1v) is 6.29. The second-order valence-electron chi connectivity index (χ2n) is 4.56. The second-order valence-corrected chi connectivity index (χ2v) is 4.56. The first-order chi connectivity index (χ1) is 9.83. The van der Waals surface area contributed by atoms with Gasteiger partial charge in [-0.3, -0.25) is 10.1 Å². The van der Waals surface area contributed by atoms with Gasteiger partial charge in [0, 0.05) is 6.07 Å². The Morgan fingerprint density at radius 1 is 1.48 bits per heavy atom. The van der Waals surface area contributed by atoms with Crippen LogP contribution in [0.1, 0.15) is 26.2 Å². The summed E-state index contributed by atoms with van der Waals surface area (Å²) in [7, 11) is 0. The molecule has 0 spiro atoms. The molecule has 1 atom stereocenters. The number of nitrogens with two attached hydrogens (primary N) is 1. The zero-order valence-corrected chi connectivity index (χ0v) is 11.4. The summed E-state index contributed by atoms with van der Waals surface area (Å²) < 4.78 is 31.9. The minimum atomic E-state index is -1.17. The Morgan fingerprint density at radius 3 is 2.67 bits per heavy atom. The number of benzene rings is 1. The molecule has 6 nitrogen and oxygen atoms in total. The molecule has 0 aliphatic heterocycles. The van der Waals surface area contributed by atoms with Gasteiger partial charge in [-0.25, -0.2) is 4.39 Å². The lowest BCUT2D eigenvalue weighted by Crippen LogP contribution is -2.37. The van der Waals surface area contributed by atoms with Crippen LogP contribution in [0.4, 0.5) is 14.5 Å². The fourth-order valence-corrected chi connectivity index (χ4v) is 1.65. The number of ether oxygens (including phenoxy) is 1. The van der Waals surface area contributed by atoms with Gasteiger partial charge in [-0.15, -0.1) is 0 Å². The number of nitro groups is 1. The Morgan fingerprint density at radius 2 is 2.14 bits per heavy atom. The molecule has 0 aliphatic carbocycles. The van der Waals surface area contributed by atoms with Gasteiger partial charge in [0.15, 0.2) is 11.6 Å². The van der Waals surface area contributed by atoms with Crippen molar-refractivity contribution < 1.29 is 18.4 Å². The lowest BCUT2D eigenvalue weighted by atomic mass is 9.94. The van der Waals surface area contributed by atoms with Crippen molar-refractivity contribution in [3.05, 3.63) is 33.9 Å². The molecule has 0 bridgehead atoms. The lowest BCUT2D eigenvalue weighted by Gasteiger charge is -2.19. The first kappa shape index (κ1) is 16.8. The third-order valence-electron chi connectivity index (χ3n) is 3.08. The predicted octanol–water partition coefficient (Wildman–Crippen LogP) is 2.66. The Bertz CT molecular complexity index is 575. The van der Waals surface area contributed by atoms with E-state index in [-0.39, 0.29) is 6.61 Å². The zero-order chi connectivity index (χ0) is 16.0. The van der Waals surface area contributed by atoms with Crippen molar-refractivity contribution in [2.45, 2.75) is 31.7 Å². The number of nitrogens with zero attached hydrogens (tertiary/aromatic N) is 2. The Hall–Kier alpha value is -2.27. The molecule has 8 heteroatoms. The topological polar surface area (TPSA) is 102 Å². The maximum absolute atomic E-state index is 13.5. The first-order valence-electron chi connectivity index (χ1n) is 6.29. The van der Waals surface area contributed by atoms with Gasteiger partial charge in [-0.05, 0) is 19.3 Å². The maximum atomic E-state index is 13.5. The van der Waals surface area contributed by atoms with E-state index in [9.17, 15) is 18.9 Å². The number of nitro benzene ring substituents is 1. The van der Waals surface area contributed by atoms with E-state index >= 15 is 0 Å². The summed E-state index contributed by atoms with van der Waals surface area (Å²) >= 11 is 0. The molecule has 0 radical (unpaired) electrons. The molecule has 1 rings (SSSR count). The minimum absolute atomic E-state index is 0.0226. The van der Waals surface area contributed by atoms with Crippen molar-refractivity contribution in [3.63, 3.8) is 0 Å². The number of hydrogen-bond donors (Lipinski definition) is 1. The lowest BCUT2D eigenvalue weighted by molar-refractivity contribution is -0.387. The standard InChI is InChI=1S/C13H15F2N3O3/c1-2-13(17,8-16)4-3-5-21-12-7-9(14)11(18(19)20)6-10(12)15/h6-7H,2-5,17H2,1H3. The molecule has 2 N–H and O–H groups in total. The molecule has 0 aliphatic rings. The van der Waals surface area contributed by atoms with E-state index in [0.29, 0.717) is 31.4 Å². The highest BCUT2D eigenvalue weighted by Gasteiger charge is 2.22. The zero-order valence-electron chi connectivity index (χ0n) is 11.4. The molecular weight excluding hydrogens is 284 g/mol. The molecule has 0 saturated carbocycles. The van der Waals surface area contributed by atoms with Crippen LogP contribution in [0.3, 0.4) is 0 Å². The van der Waals surface area contributed by atoms with Crippen LogP contribution in [0.5, 0.6) is 5.75 Å². The summed E-state index contributed by atoms with van der Waals surface area (Å²) in [5, 5.41) is 19.3. The average molecular weight is 299 g/mol. The van der Waals surface area contributed by atoms with Crippen molar-refractivity contribution in [2.24, 2.45) is 5.73 Å². The quantitative estimate of drug-likeness (QED) is 0.473. The van der Waals surface area contributed by atoms with Gasteiger partial charge in [-0.2, -0.15) is 9.65 Å². The number of nitriles is 1. The van der Waals surface area contributed by atoms with Crippen LogP contribution in [0, 0.1) is 33.1 Å². The van der Waals surface area contributed by atoms with E-state index < -0.39 is 33.5 Å². The van der Waals surface area contributed by atoms with Gasteiger partial charge in [0.2, 0.25) is 5.82 Å². The normalized spacial score (nSPS) is 13.3. The fourth-order valence-electron chi connectivity index (χ4n) is 1.65. The summed E-state index contributed by atoms with van der Waals surface area (Å²) in [6, 6.07) is 3.08. The molecule has 1 aromatic rings. The summed E-state index contributed by atoms with van der Waals surface area (Å²) in [5.41, 5.74) is 3.84. The van der Waals surface area contributed by atoms with Crippen LogP contribution in [0.2, 0.25) is 0 Å². The van der Waals surface area contributed by atoms with Crippen molar-refractivity contribution >= 4 is 5.69 Å². The van der Waals surface area contributed by atoms with Gasteiger partial charge in [0.05, 0.1) is 23.7 Å². The molecule has 1 unspecified atom stereocenters. The minimum Gasteiger partial charge on any atom is -0.490 e. The van der Waals surface area contributed by atoms with Crippen LogP contribution in [-0.2, 0) is 0 Å². The Labute approximate surface area is 120 Å². The summed E-state index contributed by atoms with van der Waals surface area (Å²) in [6.07, 6.45) is 1.18. The SMILES string of the molecule is CCC(N)(C#N)CCCOc1cc(F)c([N+](=O)[O-])cc1F. The predicted molar refractivity (Wildman–Crippen MR) is 70.6 cm³/mol. The van der Waals surface area contributed by atoms with Crippen molar-refractivity contribution in [1.29, 1.82) is 5.26 Å².